The van der Waals surface area contributed by atoms with Gasteiger partial charge in [-0.2, -0.15) is 13.2 Å². The molecule has 1 fully saturated rings. The average Bonchev–Trinajstić information content (AvgIpc) is 3.31. The Morgan fingerprint density at radius 1 is 1.05 bits per heavy atom. The number of benzene rings is 2. The lowest BCUT2D eigenvalue weighted by atomic mass is 10.1. The molecule has 1 aliphatic rings. The average molecular weight is 549 g/mol. The first kappa shape index (κ1) is 26.6. The predicted octanol–water partition coefficient (Wildman–Crippen LogP) is 4.22. The molecule has 0 atom stereocenters. The summed E-state index contributed by atoms with van der Waals surface area (Å²) in [4.78, 5) is 18.9. The molecule has 39 heavy (non-hydrogen) atoms. The Labute approximate surface area is 217 Å². The van der Waals surface area contributed by atoms with E-state index in [1.807, 2.05) is 4.90 Å². The van der Waals surface area contributed by atoms with Gasteiger partial charge in [0.1, 0.15) is 23.3 Å². The van der Waals surface area contributed by atoms with Crippen LogP contribution >= 0.6 is 0 Å². The number of pyridine rings is 1. The monoisotopic (exact) mass is 549 g/mol. The first-order chi connectivity index (χ1) is 18.5. The smallest absolute Gasteiger partial charge is 0.314 e. The summed E-state index contributed by atoms with van der Waals surface area (Å²) in [5.74, 6) is -3.96. The Hall–Kier alpha value is -4.04. The normalized spacial score (nSPS) is 14.6. The summed E-state index contributed by atoms with van der Waals surface area (Å²) >= 11 is 0. The van der Waals surface area contributed by atoms with Crippen molar-refractivity contribution in [2.24, 2.45) is 0 Å². The van der Waals surface area contributed by atoms with Crippen LogP contribution in [0.5, 0.6) is 0 Å². The van der Waals surface area contributed by atoms with Gasteiger partial charge < -0.3 is 10.6 Å². The van der Waals surface area contributed by atoms with E-state index in [-0.39, 0.29) is 34.3 Å². The van der Waals surface area contributed by atoms with Crippen LogP contribution in [0.1, 0.15) is 27.3 Å². The van der Waals surface area contributed by atoms with Gasteiger partial charge in [0.05, 0.1) is 11.2 Å². The van der Waals surface area contributed by atoms with E-state index in [1.165, 1.54) is 13.0 Å². The number of nitrogens with zero attached hydrogens (tertiary/aromatic N) is 5. The van der Waals surface area contributed by atoms with Crippen molar-refractivity contribution in [3.8, 4) is 5.69 Å². The Morgan fingerprint density at radius 3 is 2.49 bits per heavy atom. The summed E-state index contributed by atoms with van der Waals surface area (Å²) in [6, 6.07) is 6.20. The fourth-order valence-corrected chi connectivity index (χ4v) is 4.44. The molecule has 0 spiro atoms. The number of piperazine rings is 1. The molecule has 14 heteroatoms. The van der Waals surface area contributed by atoms with E-state index in [9.17, 15) is 31.1 Å². The van der Waals surface area contributed by atoms with Gasteiger partial charge in [0, 0.05) is 55.8 Å². The number of rotatable bonds is 5. The number of carbonyl (C=O) groups excluding carboxylic acids is 1. The zero-order chi connectivity index (χ0) is 27.9. The van der Waals surface area contributed by atoms with Crippen molar-refractivity contribution in [3.63, 3.8) is 0 Å². The van der Waals surface area contributed by atoms with Crippen LogP contribution in [0.25, 0.3) is 16.6 Å². The van der Waals surface area contributed by atoms with E-state index in [2.05, 4.69) is 25.9 Å². The molecule has 204 valence electrons. The van der Waals surface area contributed by atoms with Crippen molar-refractivity contribution < 1.29 is 31.1 Å². The van der Waals surface area contributed by atoms with Crippen LogP contribution in [0.2, 0.25) is 0 Å². The van der Waals surface area contributed by atoms with Gasteiger partial charge in [-0.05, 0) is 36.8 Å². The lowest BCUT2D eigenvalue weighted by molar-refractivity contribution is -0.143. The molecule has 0 unspecified atom stereocenters. The van der Waals surface area contributed by atoms with Crippen molar-refractivity contribution in [3.05, 3.63) is 76.4 Å². The molecular weight excluding hydrogens is 528 g/mol. The fourth-order valence-electron chi connectivity index (χ4n) is 4.44. The molecule has 1 amide bonds. The van der Waals surface area contributed by atoms with Crippen molar-refractivity contribution in [2.75, 3.05) is 31.5 Å². The highest BCUT2D eigenvalue weighted by molar-refractivity contribution is 6.03. The first-order valence-corrected chi connectivity index (χ1v) is 11.8. The standard InChI is InChI=1S/C25H21F6N7O/c1-13-8-15(26)2-3-20(13)38-23(25(29,30)31)22(35-36-38)24(39)34-21-11-18(28)16-9-14(17(27)10-19(16)33-21)12-37-6-4-32-5-7-37/h2-3,8-11,32H,4-7,12H2,1H3,(H,33,34,39). The molecule has 0 aliphatic carbocycles. The van der Waals surface area contributed by atoms with E-state index >= 15 is 0 Å². The number of aromatic nitrogens is 4. The van der Waals surface area contributed by atoms with E-state index in [0.717, 1.165) is 43.4 Å². The molecule has 2 aromatic carbocycles. The molecule has 0 saturated carbocycles. The number of nitrogens with one attached hydrogen (secondary N) is 2. The maximum absolute atomic E-state index is 15.0. The largest absolute Gasteiger partial charge is 0.435 e. The van der Waals surface area contributed by atoms with Crippen LogP contribution in [0, 0.1) is 24.4 Å². The lowest BCUT2D eigenvalue weighted by Gasteiger charge is -2.27. The van der Waals surface area contributed by atoms with Crippen LogP contribution in [0.15, 0.2) is 36.4 Å². The lowest BCUT2D eigenvalue weighted by Crippen LogP contribution is -2.43. The molecule has 3 heterocycles. The van der Waals surface area contributed by atoms with Crippen molar-refractivity contribution >= 4 is 22.6 Å². The summed E-state index contributed by atoms with van der Waals surface area (Å²) in [5, 5.41) is 12.1. The molecule has 4 aromatic rings. The number of hydrogen-bond acceptors (Lipinski definition) is 6. The minimum Gasteiger partial charge on any atom is -0.314 e. The van der Waals surface area contributed by atoms with Gasteiger partial charge in [0.25, 0.3) is 5.91 Å². The quantitative estimate of drug-likeness (QED) is 0.363. The molecular formula is C25H21F6N7O. The van der Waals surface area contributed by atoms with Gasteiger partial charge >= 0.3 is 6.18 Å². The zero-order valence-electron chi connectivity index (χ0n) is 20.4. The number of hydrogen-bond donors (Lipinski definition) is 2. The van der Waals surface area contributed by atoms with Crippen LogP contribution in [0.3, 0.4) is 0 Å². The molecule has 1 saturated heterocycles. The van der Waals surface area contributed by atoms with Gasteiger partial charge in [-0.3, -0.25) is 9.69 Å². The Balaban J connectivity index is 1.45. The van der Waals surface area contributed by atoms with Crippen molar-refractivity contribution in [1.82, 2.24) is 30.2 Å². The van der Waals surface area contributed by atoms with Crippen LogP contribution < -0.4 is 10.6 Å². The van der Waals surface area contributed by atoms with Gasteiger partial charge in [0.15, 0.2) is 11.4 Å². The SMILES string of the molecule is Cc1cc(F)ccc1-n1nnc(C(=O)Nc2cc(F)c3cc(CN4CCNCC4)c(F)cc3n2)c1C(F)(F)F. The van der Waals surface area contributed by atoms with Gasteiger partial charge in [0.2, 0.25) is 0 Å². The molecule has 2 N–H and O–H groups in total. The van der Waals surface area contributed by atoms with Crippen molar-refractivity contribution in [2.45, 2.75) is 19.6 Å². The number of aryl methyl sites for hydroxylation is 1. The predicted molar refractivity (Wildman–Crippen MR) is 129 cm³/mol. The second-order valence-electron chi connectivity index (χ2n) is 9.06. The molecule has 1 aliphatic heterocycles. The topological polar surface area (TPSA) is 88.0 Å². The van der Waals surface area contributed by atoms with Crippen LogP contribution in [0.4, 0.5) is 32.2 Å². The number of anilines is 1. The highest BCUT2D eigenvalue weighted by Crippen LogP contribution is 2.34. The number of amides is 1. The third-order valence-electron chi connectivity index (χ3n) is 6.31. The Kier molecular flexibility index (Phi) is 6.99. The number of carbonyl (C=O) groups is 1. The first-order valence-electron chi connectivity index (χ1n) is 11.8. The van der Waals surface area contributed by atoms with Gasteiger partial charge in [-0.1, -0.05) is 5.21 Å². The van der Waals surface area contributed by atoms with E-state index in [0.29, 0.717) is 17.8 Å². The van der Waals surface area contributed by atoms with Gasteiger partial charge in [-0.25, -0.2) is 22.8 Å². The molecule has 0 bridgehead atoms. The Morgan fingerprint density at radius 2 is 1.79 bits per heavy atom. The molecule has 0 radical (unpaired) electrons. The highest BCUT2D eigenvalue weighted by Gasteiger charge is 2.42. The number of alkyl halides is 3. The molecule has 2 aromatic heterocycles. The highest BCUT2D eigenvalue weighted by atomic mass is 19.4. The number of fused-ring (bicyclic) bond motifs is 1. The fraction of sp³-hybridized carbons (Fsp3) is 0.280. The Bertz CT molecular complexity index is 1560. The molecule has 8 nitrogen and oxygen atoms in total. The summed E-state index contributed by atoms with van der Waals surface area (Å²) in [5.41, 5.74) is -2.50. The minimum atomic E-state index is -5.08. The van der Waals surface area contributed by atoms with E-state index in [1.54, 1.807) is 0 Å². The van der Waals surface area contributed by atoms with Crippen molar-refractivity contribution in [1.29, 1.82) is 0 Å². The zero-order valence-corrected chi connectivity index (χ0v) is 20.4. The summed E-state index contributed by atoms with van der Waals surface area (Å²) in [6.45, 7) is 4.55. The summed E-state index contributed by atoms with van der Waals surface area (Å²) in [7, 11) is 0. The maximum Gasteiger partial charge on any atom is 0.435 e. The minimum absolute atomic E-state index is 0.00626. The third kappa shape index (κ3) is 5.43. The second-order valence-corrected chi connectivity index (χ2v) is 9.06. The van der Waals surface area contributed by atoms with E-state index in [4.69, 9.17) is 0 Å². The van der Waals surface area contributed by atoms with Crippen LogP contribution in [-0.2, 0) is 12.7 Å². The number of halogens is 6. The second kappa shape index (κ2) is 10.3. The van der Waals surface area contributed by atoms with Gasteiger partial charge in [-0.15, -0.1) is 5.10 Å². The maximum atomic E-state index is 15.0. The molecule has 5 rings (SSSR count). The third-order valence-corrected chi connectivity index (χ3v) is 6.31. The van der Waals surface area contributed by atoms with Crippen LogP contribution in [-0.4, -0.2) is 57.0 Å². The van der Waals surface area contributed by atoms with E-state index < -0.39 is 46.7 Å². The summed E-state index contributed by atoms with van der Waals surface area (Å²) in [6.07, 6.45) is -5.08. The summed E-state index contributed by atoms with van der Waals surface area (Å²) < 4.78 is 85.6.